The Kier molecular flexibility index (Phi) is 38.9. The van der Waals surface area contributed by atoms with E-state index in [0.717, 1.165) is 131 Å². The highest BCUT2D eigenvalue weighted by Gasteiger charge is 2.52. The molecule has 4 aromatic carbocycles. The van der Waals surface area contributed by atoms with Crippen LogP contribution in [0.25, 0.3) is 0 Å². The fourth-order valence-corrected chi connectivity index (χ4v) is 15.3. The van der Waals surface area contributed by atoms with Gasteiger partial charge in [-0.2, -0.15) is 67.5 Å². The predicted molar refractivity (Wildman–Crippen MR) is 464 cm³/mol. The molecule has 9 aliphatic rings. The van der Waals surface area contributed by atoms with E-state index in [4.69, 9.17) is 34.4 Å². The second-order valence-electron chi connectivity index (χ2n) is 32.6. The van der Waals surface area contributed by atoms with Crippen LogP contribution in [0.2, 0.25) is 0 Å². The van der Waals surface area contributed by atoms with Gasteiger partial charge in [0.05, 0.1) is 33.2 Å². The third kappa shape index (κ3) is 26.7. The van der Waals surface area contributed by atoms with Crippen molar-refractivity contribution in [2.75, 3.05) is 30.3 Å². The van der Waals surface area contributed by atoms with Gasteiger partial charge in [0.25, 0.3) is 0 Å². The van der Waals surface area contributed by atoms with Crippen molar-refractivity contribution in [3.8, 4) is 0 Å². The maximum atomic E-state index is 12.4. The van der Waals surface area contributed by atoms with Crippen LogP contribution in [-0.2, 0) is 89.8 Å². The molecule has 6 heterocycles. The Bertz CT molecular complexity index is 3880. The van der Waals surface area contributed by atoms with Crippen LogP contribution < -0.4 is 66.3 Å². The third-order valence-corrected chi connectivity index (χ3v) is 22.9. The summed E-state index contributed by atoms with van der Waals surface area (Å²) in [6, 6.07) is 30.3. The number of hydrogen-bond donors (Lipinski definition) is 12. The van der Waals surface area contributed by atoms with Crippen molar-refractivity contribution in [1.82, 2.24) is 31.9 Å². The molecule has 4 aromatic rings. The van der Waals surface area contributed by atoms with Gasteiger partial charge in [-0.1, -0.05) is 86.3 Å². The molecule has 6 amide bonds. The Hall–Kier alpha value is -7.25. The van der Waals surface area contributed by atoms with Crippen molar-refractivity contribution in [2.24, 2.45) is 52.7 Å². The summed E-state index contributed by atoms with van der Waals surface area (Å²) in [7, 11) is 0. The SMILES string of the molecule is CC1(C)NC(=O)[C@H](CCCCN)CC1=O.CC1(C)NC(=O)[C@H](Cc2ccc(N)cc2)CC1=O.CC1(C)NC(=O)[C@H](Cc2cccc(CN)c2)CC1=O.NCCCC[C@@H]1CC(=O)C2(CCC2)NC1=O.Nc1ccc(C[C@@H]2CC(=O)C3(CCC3)NC2=O)cc1.Nc1ccc(C[C@@H]2CC(=O)C3(CCCC3)NC2=O)cc1.S.S.S.S.S. The summed E-state index contributed by atoms with van der Waals surface area (Å²) in [5.74, 6) is -0.226. The second-order valence-corrected chi connectivity index (χ2v) is 32.6. The number of Topliss-reactive ketones (excluding diaryl/α,β-unsaturated/α-hetero) is 6. The highest BCUT2D eigenvalue weighted by molar-refractivity contribution is 7.60. The number of piperidine rings is 6. The lowest BCUT2D eigenvalue weighted by Crippen LogP contribution is -2.64. The summed E-state index contributed by atoms with van der Waals surface area (Å²) in [5, 5.41) is 17.2. The molecule has 9 fully saturated rings. The van der Waals surface area contributed by atoms with Crippen LogP contribution in [-0.4, -0.2) is 116 Å². The van der Waals surface area contributed by atoms with E-state index >= 15 is 0 Å². The maximum Gasteiger partial charge on any atom is 0.224 e. The molecule has 6 saturated heterocycles. The van der Waals surface area contributed by atoms with E-state index in [1.54, 1.807) is 41.5 Å². The van der Waals surface area contributed by atoms with Crippen molar-refractivity contribution >= 4 is 155 Å². The van der Waals surface area contributed by atoms with Gasteiger partial charge in [0.2, 0.25) is 35.4 Å². The standard InChI is InChI=1S/C16H20N2O2.C15H18N2O2.C15H20N2O2.C14H18N2O2.C12H20N2O2.C11H20N2O2.5H2S/c17-13-5-3-11(4-6-13)9-12-10-14(19)16(18-15(12)20)7-1-2-8-16;16-12-4-2-10(3-5-12)8-11-9-13(18)15(6-1-7-15)17-14(11)19;1-15(2)13(18)8-12(14(19)17-15)7-10-4-3-5-11(6-10)9-16;1-14(2)12(17)8-10(13(18)16-14)7-9-3-5-11(15)6-4-9;13-7-2-1-4-9-8-10(15)12(5-3-6-12)14-11(9)16;1-11(2)9(14)7-8(10(15)13-11)5-3-4-6-12;;;;;/h3-6,12H,1-2,7-10,17H2,(H,18,20);2-5,11H,1,6-9,16H2,(H,17,19);3-6,12H,7-9,16H2,1-2H3,(H,17,19);3-6,10H,7-8,15H2,1-2H3,(H,16,18);9H,1-8,13H2,(H,14,16);8H,3-7,12H2,1-2H3,(H,13,15);5*1H2/t12-;11-;12-;10-;9-;8-;;;;;/m111111...../s1. The molecule has 620 valence electrons. The van der Waals surface area contributed by atoms with Crippen LogP contribution in [0.4, 0.5) is 17.1 Å². The first-order valence-corrected chi connectivity index (χ1v) is 38.5. The molecule has 18 N–H and O–H groups in total. The number of unbranched alkanes of at least 4 members (excludes halogenated alkanes) is 2. The summed E-state index contributed by atoms with van der Waals surface area (Å²) in [6.07, 6.45) is 18.9. The number of amides is 6. The van der Waals surface area contributed by atoms with E-state index in [1.807, 2.05) is 97.1 Å². The lowest BCUT2D eigenvalue weighted by molar-refractivity contribution is -0.145. The molecule has 3 saturated carbocycles. The minimum Gasteiger partial charge on any atom is -0.399 e. The van der Waals surface area contributed by atoms with Crippen LogP contribution in [0.15, 0.2) is 97.1 Å². The Morgan fingerprint density at radius 2 is 0.554 bits per heavy atom. The van der Waals surface area contributed by atoms with Gasteiger partial charge in [0, 0.05) is 97.6 Å². The van der Waals surface area contributed by atoms with E-state index in [2.05, 4.69) is 31.9 Å². The molecular weight excluding hydrogens is 1520 g/mol. The Morgan fingerprint density at radius 1 is 0.304 bits per heavy atom. The number of ketones is 6. The fourth-order valence-electron chi connectivity index (χ4n) is 15.3. The van der Waals surface area contributed by atoms with Gasteiger partial charge in [-0.05, 0) is 222 Å². The van der Waals surface area contributed by atoms with Crippen molar-refractivity contribution in [1.29, 1.82) is 0 Å². The Morgan fingerprint density at radius 3 is 0.848 bits per heavy atom. The summed E-state index contributed by atoms with van der Waals surface area (Å²) in [5.41, 5.74) is 37.0. The van der Waals surface area contributed by atoms with Gasteiger partial charge >= 0.3 is 0 Å². The number of carbonyl (C=O) groups excluding carboxylic acids is 12. The zero-order valence-corrected chi connectivity index (χ0v) is 71.1. The lowest BCUT2D eigenvalue weighted by Gasteiger charge is -2.45. The van der Waals surface area contributed by atoms with E-state index in [-0.39, 0.29) is 173 Å². The molecular formula is C83H126N12O12S5. The number of hydrogen-bond acceptors (Lipinski definition) is 18. The topological polar surface area (TPSA) is 433 Å². The number of benzene rings is 4. The molecule has 6 aliphatic heterocycles. The summed E-state index contributed by atoms with van der Waals surface area (Å²) < 4.78 is 0. The lowest BCUT2D eigenvalue weighted by atomic mass is 9.68. The van der Waals surface area contributed by atoms with Crippen LogP contribution >= 0.6 is 67.5 Å². The van der Waals surface area contributed by atoms with Crippen LogP contribution in [0.3, 0.4) is 0 Å². The Labute approximate surface area is 695 Å². The van der Waals surface area contributed by atoms with Gasteiger partial charge in [-0.15, -0.1) is 0 Å². The zero-order valence-electron chi connectivity index (χ0n) is 66.1. The average Bonchev–Trinajstić information content (AvgIpc) is 1.76. The first kappa shape index (κ1) is 98.9. The number of nitrogens with one attached hydrogen (secondary N) is 6. The average molecular weight is 1640 g/mol. The van der Waals surface area contributed by atoms with Crippen molar-refractivity contribution in [3.63, 3.8) is 0 Å². The fraction of sp³-hybridized carbons (Fsp3) is 0.566. The molecule has 112 heavy (non-hydrogen) atoms. The van der Waals surface area contributed by atoms with Crippen molar-refractivity contribution in [3.05, 3.63) is 125 Å². The number of carbonyl (C=O) groups is 12. The zero-order chi connectivity index (χ0) is 78.1. The van der Waals surface area contributed by atoms with E-state index in [0.29, 0.717) is 101 Å². The molecule has 6 atom stereocenters. The monoisotopic (exact) mass is 1640 g/mol. The highest BCUT2D eigenvalue weighted by Crippen LogP contribution is 2.41. The number of nitrogens with two attached hydrogens (primary N) is 6. The van der Waals surface area contributed by atoms with Gasteiger partial charge in [-0.25, -0.2) is 0 Å². The van der Waals surface area contributed by atoms with Crippen LogP contribution in [0.5, 0.6) is 0 Å². The van der Waals surface area contributed by atoms with E-state index < -0.39 is 33.2 Å². The molecule has 3 spiro atoms. The van der Waals surface area contributed by atoms with E-state index in [1.165, 1.54) is 0 Å². The molecule has 0 bridgehead atoms. The minimum atomic E-state index is -0.729. The first-order valence-electron chi connectivity index (χ1n) is 38.5. The van der Waals surface area contributed by atoms with Crippen molar-refractivity contribution < 1.29 is 57.5 Å². The summed E-state index contributed by atoms with van der Waals surface area (Å²) >= 11 is 0. The van der Waals surface area contributed by atoms with Crippen molar-refractivity contribution in [2.45, 2.75) is 248 Å². The second kappa shape index (κ2) is 44.0. The first-order chi connectivity index (χ1) is 50.6. The van der Waals surface area contributed by atoms with Crippen LogP contribution in [0.1, 0.15) is 211 Å². The normalized spacial score (nSPS) is 23.4. The van der Waals surface area contributed by atoms with Gasteiger partial charge in [-0.3, -0.25) is 57.5 Å². The number of rotatable bonds is 17. The Balaban J connectivity index is 0.000000346. The minimum absolute atomic E-state index is 0. The quantitative estimate of drug-likeness (QED) is 0.0357. The molecule has 0 unspecified atom stereocenters. The third-order valence-electron chi connectivity index (χ3n) is 22.9. The number of nitrogen functional groups attached to an aromatic ring is 3. The summed E-state index contributed by atoms with van der Waals surface area (Å²) in [4.78, 5) is 144. The molecule has 24 nitrogen and oxygen atoms in total. The molecule has 0 aromatic heterocycles. The molecule has 13 rings (SSSR count). The number of anilines is 3. The van der Waals surface area contributed by atoms with Gasteiger partial charge in [0.1, 0.15) is 0 Å². The van der Waals surface area contributed by atoms with Gasteiger partial charge < -0.3 is 66.3 Å². The molecule has 29 heteroatoms. The smallest absolute Gasteiger partial charge is 0.224 e. The highest BCUT2D eigenvalue weighted by atomic mass is 32.1. The largest absolute Gasteiger partial charge is 0.399 e. The summed E-state index contributed by atoms with van der Waals surface area (Å²) in [6.45, 7) is 12.3. The van der Waals surface area contributed by atoms with E-state index in [9.17, 15) is 57.5 Å². The maximum absolute atomic E-state index is 12.4. The molecule has 3 aliphatic carbocycles. The predicted octanol–water partition coefficient (Wildman–Crippen LogP) is 7.64. The van der Waals surface area contributed by atoms with Gasteiger partial charge in [0.15, 0.2) is 34.7 Å². The van der Waals surface area contributed by atoms with Crippen LogP contribution in [0, 0.1) is 35.5 Å². The molecule has 0 radical (unpaired) electrons.